The summed E-state index contributed by atoms with van der Waals surface area (Å²) in [4.78, 5) is 16.9. The number of halogens is 1. The second-order valence-electron chi connectivity index (χ2n) is 7.66. The van der Waals surface area contributed by atoms with Gasteiger partial charge in [-0.15, -0.1) is 12.4 Å². The van der Waals surface area contributed by atoms with Gasteiger partial charge < -0.3 is 15.1 Å². The Morgan fingerprint density at radius 2 is 1.96 bits per heavy atom. The van der Waals surface area contributed by atoms with Gasteiger partial charge in [-0.2, -0.15) is 0 Å². The first-order chi connectivity index (χ1) is 12.1. The quantitative estimate of drug-likeness (QED) is 0.839. The molecule has 0 radical (unpaired) electrons. The van der Waals surface area contributed by atoms with Gasteiger partial charge in [0.15, 0.2) is 0 Å². The van der Waals surface area contributed by atoms with Crippen LogP contribution in [0, 0.1) is 11.3 Å². The lowest BCUT2D eigenvalue weighted by molar-refractivity contribution is -0.118. The summed E-state index contributed by atoms with van der Waals surface area (Å²) >= 11 is 0. The summed E-state index contributed by atoms with van der Waals surface area (Å²) in [5.74, 6) is 2.16. The molecule has 1 aliphatic carbocycles. The Morgan fingerprint density at radius 1 is 1.27 bits per heavy atom. The highest BCUT2D eigenvalue weighted by Gasteiger charge is 2.57. The molecular formula is C20H26ClN3O2. The van der Waals surface area contributed by atoms with Crippen LogP contribution in [0.5, 0.6) is 0 Å². The van der Waals surface area contributed by atoms with E-state index in [2.05, 4.69) is 29.5 Å². The molecule has 1 aromatic heterocycles. The lowest BCUT2D eigenvalue weighted by Gasteiger charge is -2.23. The fourth-order valence-corrected chi connectivity index (χ4v) is 3.81. The Hall–Kier alpha value is -1.85. The third kappa shape index (κ3) is 3.64. The number of aromatic nitrogens is 1. The van der Waals surface area contributed by atoms with Gasteiger partial charge in [0.25, 0.3) is 0 Å². The number of carbonyl (C=O) groups is 1. The average molecular weight is 376 g/mol. The van der Waals surface area contributed by atoms with Gasteiger partial charge in [0.1, 0.15) is 5.76 Å². The molecule has 26 heavy (non-hydrogen) atoms. The van der Waals surface area contributed by atoms with Crippen LogP contribution >= 0.6 is 12.4 Å². The molecule has 2 N–H and O–H groups in total. The van der Waals surface area contributed by atoms with Crippen molar-refractivity contribution in [3.63, 3.8) is 0 Å². The van der Waals surface area contributed by atoms with Crippen molar-refractivity contribution in [2.75, 3.05) is 18.4 Å². The van der Waals surface area contributed by atoms with E-state index in [4.69, 9.17) is 4.42 Å². The zero-order chi connectivity index (χ0) is 17.4. The Morgan fingerprint density at radius 3 is 2.58 bits per heavy atom. The Balaban J connectivity index is 0.00000196. The van der Waals surface area contributed by atoms with E-state index in [1.54, 1.807) is 6.20 Å². The van der Waals surface area contributed by atoms with Gasteiger partial charge in [-0.05, 0) is 62.0 Å². The highest BCUT2D eigenvalue weighted by atomic mass is 35.5. The van der Waals surface area contributed by atoms with Crippen LogP contribution in [-0.4, -0.2) is 24.0 Å². The van der Waals surface area contributed by atoms with Crippen LogP contribution < -0.4 is 10.6 Å². The van der Waals surface area contributed by atoms with Crippen molar-refractivity contribution in [1.29, 1.82) is 0 Å². The maximum atomic E-state index is 12.5. The van der Waals surface area contributed by atoms with Gasteiger partial charge in [0.2, 0.25) is 11.8 Å². The van der Waals surface area contributed by atoms with Crippen LogP contribution in [-0.2, 0) is 4.79 Å². The molecule has 1 aliphatic heterocycles. The standard InChI is InChI=1S/C20H25N3O2.ClH/c1-13(2)17-12-22-19(25-17)14-3-5-15(6-4-14)23-18(24)16-11-20(16)7-9-21-10-8-20;/h3-6,12-13,16,21H,7-11H2,1-2H3,(H,23,24);1H. The van der Waals surface area contributed by atoms with Crippen LogP contribution in [0.4, 0.5) is 5.69 Å². The average Bonchev–Trinajstić information content (AvgIpc) is 3.08. The molecule has 2 aliphatic rings. The second-order valence-corrected chi connectivity index (χ2v) is 7.66. The van der Waals surface area contributed by atoms with Crippen LogP contribution in [0.25, 0.3) is 11.5 Å². The molecule has 1 unspecified atom stereocenters. The van der Waals surface area contributed by atoms with E-state index in [9.17, 15) is 4.79 Å². The van der Waals surface area contributed by atoms with Gasteiger partial charge in [-0.25, -0.2) is 4.98 Å². The molecule has 2 aromatic rings. The zero-order valence-corrected chi connectivity index (χ0v) is 16.1. The molecule has 0 bridgehead atoms. The summed E-state index contributed by atoms with van der Waals surface area (Å²) in [6.45, 7) is 6.23. The number of carbonyl (C=O) groups excluding carboxylic acids is 1. The Bertz CT molecular complexity index is 764. The highest BCUT2D eigenvalue weighted by Crippen LogP contribution is 2.58. The minimum Gasteiger partial charge on any atom is -0.441 e. The van der Waals surface area contributed by atoms with E-state index in [0.29, 0.717) is 11.8 Å². The van der Waals surface area contributed by atoms with E-state index >= 15 is 0 Å². The fourth-order valence-electron chi connectivity index (χ4n) is 3.81. The van der Waals surface area contributed by atoms with E-state index in [1.165, 1.54) is 0 Å². The van der Waals surface area contributed by atoms with Crippen molar-refractivity contribution in [1.82, 2.24) is 10.3 Å². The zero-order valence-electron chi connectivity index (χ0n) is 15.2. The monoisotopic (exact) mass is 375 g/mol. The lowest BCUT2D eigenvalue weighted by Crippen LogP contribution is -2.31. The molecule has 1 saturated heterocycles. The number of nitrogens with zero attached hydrogens (tertiary/aromatic N) is 1. The smallest absolute Gasteiger partial charge is 0.228 e. The fraction of sp³-hybridized carbons (Fsp3) is 0.500. The Kier molecular flexibility index (Phi) is 5.39. The number of nitrogens with one attached hydrogen (secondary N) is 2. The van der Waals surface area contributed by atoms with Crippen LogP contribution in [0.3, 0.4) is 0 Å². The molecule has 2 heterocycles. The number of hydrogen-bond acceptors (Lipinski definition) is 4. The molecule has 6 heteroatoms. The number of oxazole rings is 1. The molecular weight excluding hydrogens is 350 g/mol. The summed E-state index contributed by atoms with van der Waals surface area (Å²) in [6, 6.07) is 7.73. The van der Waals surface area contributed by atoms with Gasteiger partial charge >= 0.3 is 0 Å². The molecule has 1 aromatic carbocycles. The van der Waals surface area contributed by atoms with Crippen molar-refractivity contribution in [3.8, 4) is 11.5 Å². The molecule has 1 saturated carbocycles. The van der Waals surface area contributed by atoms with Crippen LogP contribution in [0.15, 0.2) is 34.9 Å². The number of piperidine rings is 1. The summed E-state index contributed by atoms with van der Waals surface area (Å²) in [7, 11) is 0. The first-order valence-corrected chi connectivity index (χ1v) is 9.15. The van der Waals surface area contributed by atoms with Crippen molar-refractivity contribution in [2.24, 2.45) is 11.3 Å². The Labute approximate surface area is 160 Å². The van der Waals surface area contributed by atoms with Crippen LogP contribution in [0.2, 0.25) is 0 Å². The minimum absolute atomic E-state index is 0. The SMILES string of the molecule is CC(C)c1cnc(-c2ccc(NC(=O)C3CC34CCNCC4)cc2)o1.Cl. The topological polar surface area (TPSA) is 67.2 Å². The third-order valence-electron chi connectivity index (χ3n) is 5.60. The van der Waals surface area contributed by atoms with Crippen molar-refractivity contribution < 1.29 is 9.21 Å². The first-order valence-electron chi connectivity index (χ1n) is 9.15. The highest BCUT2D eigenvalue weighted by molar-refractivity contribution is 5.95. The molecule has 4 rings (SSSR count). The van der Waals surface area contributed by atoms with E-state index in [1.807, 2.05) is 24.3 Å². The summed E-state index contributed by atoms with van der Waals surface area (Å²) in [5.41, 5.74) is 2.02. The third-order valence-corrected chi connectivity index (χ3v) is 5.60. The van der Waals surface area contributed by atoms with Crippen molar-refractivity contribution in [3.05, 3.63) is 36.2 Å². The number of anilines is 1. The number of benzene rings is 1. The predicted molar refractivity (Wildman–Crippen MR) is 105 cm³/mol. The largest absolute Gasteiger partial charge is 0.441 e. The lowest BCUT2D eigenvalue weighted by atomic mass is 9.92. The second kappa shape index (κ2) is 7.41. The number of rotatable bonds is 4. The van der Waals surface area contributed by atoms with Gasteiger partial charge in [-0.3, -0.25) is 4.79 Å². The van der Waals surface area contributed by atoms with E-state index in [-0.39, 0.29) is 29.6 Å². The molecule has 5 nitrogen and oxygen atoms in total. The summed E-state index contributed by atoms with van der Waals surface area (Å²) in [6.07, 6.45) is 5.05. The van der Waals surface area contributed by atoms with Gasteiger partial charge in [-0.1, -0.05) is 13.8 Å². The molecule has 1 spiro atoms. The maximum absolute atomic E-state index is 12.5. The summed E-state index contributed by atoms with van der Waals surface area (Å²) < 4.78 is 5.77. The maximum Gasteiger partial charge on any atom is 0.228 e. The normalized spacial score (nSPS) is 20.7. The minimum atomic E-state index is 0. The number of hydrogen-bond donors (Lipinski definition) is 2. The van der Waals surface area contributed by atoms with E-state index in [0.717, 1.165) is 49.4 Å². The van der Waals surface area contributed by atoms with E-state index < -0.39 is 0 Å². The molecule has 140 valence electrons. The van der Waals surface area contributed by atoms with Gasteiger partial charge in [0.05, 0.1) is 6.20 Å². The van der Waals surface area contributed by atoms with Crippen molar-refractivity contribution in [2.45, 2.75) is 39.0 Å². The van der Waals surface area contributed by atoms with Crippen molar-refractivity contribution >= 4 is 24.0 Å². The summed E-state index contributed by atoms with van der Waals surface area (Å²) in [5, 5.41) is 6.44. The molecule has 2 fully saturated rings. The number of amides is 1. The van der Waals surface area contributed by atoms with Gasteiger partial charge in [0, 0.05) is 23.1 Å². The molecule has 1 atom stereocenters. The van der Waals surface area contributed by atoms with Crippen LogP contribution in [0.1, 0.15) is 44.8 Å². The predicted octanol–water partition coefficient (Wildman–Crippen LogP) is 4.22. The first kappa shape index (κ1) is 18.9. The molecule has 1 amide bonds.